The van der Waals surface area contributed by atoms with E-state index in [0.717, 1.165) is 12.3 Å². The Balaban J connectivity index is 2.71. The molecule has 1 aromatic heterocycles. The lowest BCUT2D eigenvalue weighted by Crippen LogP contribution is -2.31. The number of hydrogen-bond donors (Lipinski definition) is 1. The van der Waals surface area contributed by atoms with E-state index in [1.165, 1.54) is 6.07 Å². The molecule has 1 aromatic rings. The molecular weight excluding hydrogens is 185 g/mol. The Morgan fingerprint density at radius 1 is 1.71 bits per heavy atom. The first-order valence-electron chi connectivity index (χ1n) is 3.95. The summed E-state index contributed by atoms with van der Waals surface area (Å²) in [6.07, 6.45) is 0.950. The van der Waals surface area contributed by atoms with E-state index < -0.39 is 17.8 Å². The van der Waals surface area contributed by atoms with Crippen LogP contribution >= 0.6 is 0 Å². The number of pyridine rings is 1. The predicted molar refractivity (Wildman–Crippen MR) is 46.7 cm³/mol. The van der Waals surface area contributed by atoms with Crippen molar-refractivity contribution in [3.63, 3.8) is 0 Å². The molecule has 0 saturated heterocycles. The highest BCUT2D eigenvalue weighted by Crippen LogP contribution is 1.98. The van der Waals surface area contributed by atoms with E-state index in [0.29, 0.717) is 0 Å². The lowest BCUT2D eigenvalue weighted by Gasteiger charge is -2.04. The van der Waals surface area contributed by atoms with Crippen LogP contribution in [-0.4, -0.2) is 16.9 Å². The lowest BCUT2D eigenvalue weighted by atomic mass is 10.3. The average Bonchev–Trinajstić information content (AvgIpc) is 2.18. The van der Waals surface area contributed by atoms with E-state index in [1.54, 1.807) is 6.92 Å². The third-order valence-corrected chi connectivity index (χ3v) is 1.50. The summed E-state index contributed by atoms with van der Waals surface area (Å²) in [6, 6.07) is 3.65. The Hall–Kier alpha value is -1.96. The van der Waals surface area contributed by atoms with Crippen LogP contribution in [0, 0.1) is 17.1 Å². The van der Waals surface area contributed by atoms with Gasteiger partial charge in [-0.25, -0.2) is 9.37 Å². The zero-order chi connectivity index (χ0) is 10.6. The van der Waals surface area contributed by atoms with Crippen LogP contribution in [0.1, 0.15) is 17.4 Å². The Bertz CT molecular complexity index is 369. The van der Waals surface area contributed by atoms with Crippen LogP contribution in [-0.2, 0) is 0 Å². The van der Waals surface area contributed by atoms with Crippen molar-refractivity contribution in [2.24, 2.45) is 0 Å². The molecule has 4 nitrogen and oxygen atoms in total. The average molecular weight is 193 g/mol. The first kappa shape index (κ1) is 10.1. The lowest BCUT2D eigenvalue weighted by molar-refractivity contribution is 0.0942. The Morgan fingerprint density at radius 3 is 2.93 bits per heavy atom. The summed E-state index contributed by atoms with van der Waals surface area (Å²) in [4.78, 5) is 14.8. The quantitative estimate of drug-likeness (QED) is 0.757. The molecule has 0 fully saturated rings. The van der Waals surface area contributed by atoms with Gasteiger partial charge in [-0.1, -0.05) is 0 Å². The minimum absolute atomic E-state index is 0.0912. The number of nitrogens with one attached hydrogen (secondary N) is 1. The minimum atomic E-state index is -0.589. The van der Waals surface area contributed by atoms with Gasteiger partial charge in [0.15, 0.2) is 0 Å². The number of nitriles is 1. The molecule has 5 heteroatoms. The highest BCUT2D eigenvalue weighted by Gasteiger charge is 2.09. The molecule has 0 aliphatic heterocycles. The van der Waals surface area contributed by atoms with Gasteiger partial charge >= 0.3 is 0 Å². The molecule has 1 rings (SSSR count). The zero-order valence-corrected chi connectivity index (χ0v) is 7.49. The summed E-state index contributed by atoms with van der Waals surface area (Å²) in [5.74, 6) is -0.992. The van der Waals surface area contributed by atoms with Crippen LogP contribution in [0.25, 0.3) is 0 Å². The van der Waals surface area contributed by atoms with Gasteiger partial charge in [0.1, 0.15) is 17.6 Å². The van der Waals surface area contributed by atoms with Crippen LogP contribution in [0.15, 0.2) is 18.3 Å². The van der Waals surface area contributed by atoms with Gasteiger partial charge in [0.25, 0.3) is 5.91 Å². The molecular formula is C9H8FN3O. The van der Waals surface area contributed by atoms with Crippen molar-refractivity contribution in [2.75, 3.05) is 0 Å². The summed E-state index contributed by atoms with van der Waals surface area (Å²) >= 11 is 0. The fourth-order valence-electron chi connectivity index (χ4n) is 0.813. The third kappa shape index (κ3) is 2.52. The minimum Gasteiger partial charge on any atom is -0.335 e. The maximum absolute atomic E-state index is 12.4. The van der Waals surface area contributed by atoms with E-state index in [4.69, 9.17) is 5.26 Å². The number of amides is 1. The van der Waals surface area contributed by atoms with E-state index in [1.807, 2.05) is 6.07 Å². The smallest absolute Gasteiger partial charge is 0.270 e. The molecule has 0 aliphatic carbocycles. The second kappa shape index (κ2) is 4.33. The number of carbonyl (C=O) groups excluding carboxylic acids is 1. The molecule has 0 radical (unpaired) electrons. The maximum Gasteiger partial charge on any atom is 0.270 e. The van der Waals surface area contributed by atoms with E-state index in [-0.39, 0.29) is 5.69 Å². The van der Waals surface area contributed by atoms with Crippen LogP contribution in [0.4, 0.5) is 4.39 Å². The van der Waals surface area contributed by atoms with Crippen molar-refractivity contribution in [2.45, 2.75) is 13.0 Å². The summed E-state index contributed by atoms with van der Waals surface area (Å²) in [7, 11) is 0. The van der Waals surface area contributed by atoms with Crippen LogP contribution in [0.2, 0.25) is 0 Å². The summed E-state index contributed by atoms with van der Waals surface area (Å²) in [6.45, 7) is 1.54. The molecule has 0 spiro atoms. The topological polar surface area (TPSA) is 65.8 Å². The highest BCUT2D eigenvalue weighted by atomic mass is 19.1. The van der Waals surface area contributed by atoms with Crippen molar-refractivity contribution in [1.82, 2.24) is 10.3 Å². The van der Waals surface area contributed by atoms with Crippen LogP contribution in [0.5, 0.6) is 0 Å². The van der Waals surface area contributed by atoms with E-state index >= 15 is 0 Å². The fraction of sp³-hybridized carbons (Fsp3) is 0.222. The van der Waals surface area contributed by atoms with E-state index in [2.05, 4.69) is 10.3 Å². The molecule has 1 unspecified atom stereocenters. The second-order valence-corrected chi connectivity index (χ2v) is 2.69. The number of halogens is 1. The number of hydrogen-bond acceptors (Lipinski definition) is 3. The van der Waals surface area contributed by atoms with Crippen molar-refractivity contribution < 1.29 is 9.18 Å². The largest absolute Gasteiger partial charge is 0.335 e. The van der Waals surface area contributed by atoms with Crippen LogP contribution < -0.4 is 5.32 Å². The highest BCUT2D eigenvalue weighted by molar-refractivity contribution is 5.92. The van der Waals surface area contributed by atoms with Gasteiger partial charge in [0, 0.05) is 0 Å². The number of rotatable bonds is 2. The molecule has 0 aliphatic rings. The maximum atomic E-state index is 12.4. The molecule has 1 N–H and O–H groups in total. The molecule has 0 aromatic carbocycles. The molecule has 1 atom stereocenters. The first-order valence-corrected chi connectivity index (χ1v) is 3.95. The number of carbonyl (C=O) groups is 1. The van der Waals surface area contributed by atoms with Gasteiger partial charge < -0.3 is 5.32 Å². The number of nitrogens with zero attached hydrogens (tertiary/aromatic N) is 2. The Morgan fingerprint density at radius 2 is 2.43 bits per heavy atom. The van der Waals surface area contributed by atoms with Gasteiger partial charge in [-0.05, 0) is 19.1 Å². The summed E-state index contributed by atoms with van der Waals surface area (Å²) < 4.78 is 12.4. The molecule has 14 heavy (non-hydrogen) atoms. The zero-order valence-electron chi connectivity index (χ0n) is 7.49. The third-order valence-electron chi connectivity index (χ3n) is 1.50. The SMILES string of the molecule is CC(C#N)NC(=O)c1ccc(F)cn1. The molecule has 0 bridgehead atoms. The molecule has 0 saturated carbocycles. The van der Waals surface area contributed by atoms with Gasteiger partial charge in [-0.3, -0.25) is 4.79 Å². The predicted octanol–water partition coefficient (Wildman–Crippen LogP) is 0.863. The molecule has 72 valence electrons. The second-order valence-electron chi connectivity index (χ2n) is 2.69. The molecule has 1 heterocycles. The summed E-state index contributed by atoms with van der Waals surface area (Å²) in [5, 5.41) is 10.8. The van der Waals surface area contributed by atoms with Crippen LogP contribution in [0.3, 0.4) is 0 Å². The summed E-state index contributed by atoms with van der Waals surface area (Å²) in [5.41, 5.74) is 0.0912. The van der Waals surface area contributed by atoms with E-state index in [9.17, 15) is 9.18 Å². The van der Waals surface area contributed by atoms with Gasteiger partial charge in [0.2, 0.25) is 0 Å². The van der Waals surface area contributed by atoms with Gasteiger partial charge in [-0.15, -0.1) is 0 Å². The first-order chi connectivity index (χ1) is 6.63. The normalized spacial score (nSPS) is 11.5. The number of aromatic nitrogens is 1. The Labute approximate surface area is 80.4 Å². The van der Waals surface area contributed by atoms with Crippen molar-refractivity contribution in [3.8, 4) is 6.07 Å². The fourth-order valence-corrected chi connectivity index (χ4v) is 0.813. The standard InChI is InChI=1S/C9H8FN3O/c1-6(4-11)13-9(14)8-3-2-7(10)5-12-8/h2-3,5-6H,1H3,(H,13,14). The van der Waals surface area contributed by atoms with Crippen molar-refractivity contribution in [3.05, 3.63) is 29.8 Å². The van der Waals surface area contributed by atoms with Gasteiger partial charge in [0.05, 0.1) is 12.3 Å². The van der Waals surface area contributed by atoms with Gasteiger partial charge in [-0.2, -0.15) is 5.26 Å². The molecule has 1 amide bonds. The van der Waals surface area contributed by atoms with Crippen molar-refractivity contribution >= 4 is 5.91 Å². The monoisotopic (exact) mass is 193 g/mol. The van der Waals surface area contributed by atoms with Crippen molar-refractivity contribution in [1.29, 1.82) is 5.26 Å². The Kier molecular flexibility index (Phi) is 3.13.